The summed E-state index contributed by atoms with van der Waals surface area (Å²) in [4.78, 5) is 4.32. The van der Waals surface area contributed by atoms with Gasteiger partial charge < -0.3 is 10.4 Å². The molecule has 2 heterocycles. The number of aliphatic hydroxyl groups excluding tert-OH is 1. The molecule has 0 radical (unpaired) electrons. The molecule has 0 amide bonds. The van der Waals surface area contributed by atoms with Gasteiger partial charge in [-0.3, -0.25) is 4.98 Å². The molecule has 0 bridgehead atoms. The van der Waals surface area contributed by atoms with Crippen LogP contribution in [-0.4, -0.2) is 31.2 Å². The maximum atomic E-state index is 11.8. The van der Waals surface area contributed by atoms with Crippen molar-refractivity contribution < 1.29 is 13.5 Å². The maximum absolute atomic E-state index is 11.8. The number of nitrogens with two attached hydrogens (primary N) is 1. The Bertz CT molecular complexity index is 800. The van der Waals surface area contributed by atoms with E-state index < -0.39 is 10.0 Å². The molecular formula is C18H25N3O3S2. The Kier molecular flexibility index (Phi) is 6.42. The van der Waals surface area contributed by atoms with Gasteiger partial charge in [-0.2, -0.15) is 0 Å². The molecule has 1 saturated carbocycles. The van der Waals surface area contributed by atoms with Gasteiger partial charge in [0, 0.05) is 24.7 Å². The van der Waals surface area contributed by atoms with Crippen LogP contribution in [-0.2, 0) is 16.6 Å². The van der Waals surface area contributed by atoms with Crippen molar-refractivity contribution in [1.29, 1.82) is 0 Å². The van der Waals surface area contributed by atoms with Crippen molar-refractivity contribution in [2.24, 2.45) is 11.1 Å². The Balaban J connectivity index is 1.59. The first kappa shape index (κ1) is 19.4. The van der Waals surface area contributed by atoms with Gasteiger partial charge in [0.25, 0.3) is 0 Å². The fourth-order valence-corrected chi connectivity index (χ4v) is 5.74. The van der Waals surface area contributed by atoms with Gasteiger partial charge in [0.1, 0.15) is 4.21 Å². The number of hydrogen-bond acceptors (Lipinski definition) is 6. The first-order valence-electron chi connectivity index (χ1n) is 8.83. The van der Waals surface area contributed by atoms with Crippen molar-refractivity contribution in [3.63, 3.8) is 0 Å². The molecule has 2 aromatic heterocycles. The zero-order valence-corrected chi connectivity index (χ0v) is 16.2. The van der Waals surface area contributed by atoms with Gasteiger partial charge in [-0.1, -0.05) is 6.07 Å². The number of primary sulfonamides is 1. The van der Waals surface area contributed by atoms with Crippen LogP contribution in [0.4, 0.5) is 0 Å². The van der Waals surface area contributed by atoms with E-state index in [1.54, 1.807) is 17.6 Å². The molecule has 1 aliphatic rings. The summed E-state index contributed by atoms with van der Waals surface area (Å²) in [6, 6.07) is 8.11. The molecule has 0 saturated heterocycles. The van der Waals surface area contributed by atoms with Crippen LogP contribution in [0.2, 0.25) is 0 Å². The lowest BCUT2D eigenvalue weighted by Gasteiger charge is -2.33. The zero-order chi connectivity index (χ0) is 18.6. The molecule has 0 unspecified atom stereocenters. The Morgan fingerprint density at radius 2 is 2.04 bits per heavy atom. The second-order valence-corrected chi connectivity index (χ2v) is 9.48. The number of nitrogens with zero attached hydrogens (tertiary/aromatic N) is 1. The molecule has 0 aromatic carbocycles. The first-order chi connectivity index (χ1) is 12.5. The van der Waals surface area contributed by atoms with E-state index in [0.717, 1.165) is 49.3 Å². The summed E-state index contributed by atoms with van der Waals surface area (Å²) in [5.74, 6) is 0.0920. The number of sulfonamides is 1. The predicted molar refractivity (Wildman–Crippen MR) is 102 cm³/mol. The number of aliphatic hydroxyl groups is 1. The summed E-state index contributed by atoms with van der Waals surface area (Å²) < 4.78 is 23.7. The van der Waals surface area contributed by atoms with Crippen LogP contribution < -0.4 is 10.5 Å². The maximum Gasteiger partial charge on any atom is 0.247 e. The van der Waals surface area contributed by atoms with Crippen molar-refractivity contribution in [2.45, 2.75) is 48.4 Å². The van der Waals surface area contributed by atoms with Gasteiger partial charge in [-0.15, -0.1) is 11.3 Å². The summed E-state index contributed by atoms with van der Waals surface area (Å²) in [5.41, 5.74) is 1.70. The van der Waals surface area contributed by atoms with Crippen LogP contribution in [0.15, 0.2) is 40.1 Å². The molecule has 0 aliphatic heterocycles. The standard InChI is InChI=1S/C18H25N3O3S2/c19-26(23,24)18-16(8-10-25-18)17(12-22)13-4-6-14(7-5-13)21-11-15-3-1-2-9-20-15/h1-3,8-10,13-14,17,21-22H,4-7,11-12H2,(H2,19,23,24)/t13?,14?,17-/m0/s1. The molecule has 1 aliphatic carbocycles. The Morgan fingerprint density at radius 1 is 1.27 bits per heavy atom. The third kappa shape index (κ3) is 4.69. The third-order valence-corrected chi connectivity index (χ3v) is 7.61. The smallest absolute Gasteiger partial charge is 0.247 e. The van der Waals surface area contributed by atoms with E-state index in [4.69, 9.17) is 5.14 Å². The minimum atomic E-state index is -3.75. The lowest BCUT2D eigenvalue weighted by Crippen LogP contribution is -2.35. The SMILES string of the molecule is NS(=O)(=O)c1sccc1[C@@H](CO)C1CCC(NCc2ccccn2)CC1. The van der Waals surface area contributed by atoms with Crippen LogP contribution in [0.3, 0.4) is 0 Å². The number of aromatic nitrogens is 1. The highest BCUT2D eigenvalue weighted by atomic mass is 32.2. The summed E-state index contributed by atoms with van der Waals surface area (Å²) in [6.07, 6.45) is 5.70. The van der Waals surface area contributed by atoms with Crippen LogP contribution in [0.1, 0.15) is 42.9 Å². The summed E-state index contributed by atoms with van der Waals surface area (Å²) in [5, 5.41) is 20.5. The second kappa shape index (κ2) is 8.58. The van der Waals surface area contributed by atoms with Crippen molar-refractivity contribution in [3.05, 3.63) is 47.1 Å². The second-order valence-electron chi connectivity index (χ2n) is 6.81. The normalized spacial score (nSPS) is 22.2. The Morgan fingerprint density at radius 3 is 2.65 bits per heavy atom. The molecule has 6 nitrogen and oxygen atoms in total. The molecule has 1 atom stereocenters. The molecule has 3 rings (SSSR count). The number of thiophene rings is 1. The first-order valence-corrected chi connectivity index (χ1v) is 11.3. The molecule has 4 N–H and O–H groups in total. The van der Waals surface area contributed by atoms with Gasteiger partial charge >= 0.3 is 0 Å². The van der Waals surface area contributed by atoms with E-state index >= 15 is 0 Å². The minimum Gasteiger partial charge on any atom is -0.396 e. The number of pyridine rings is 1. The Hall–Kier alpha value is -1.32. The predicted octanol–water partition coefficient (Wildman–Crippen LogP) is 2.22. The van der Waals surface area contributed by atoms with Crippen molar-refractivity contribution in [1.82, 2.24) is 10.3 Å². The number of rotatable bonds is 7. The highest BCUT2D eigenvalue weighted by molar-refractivity contribution is 7.91. The molecule has 1 fully saturated rings. The molecular weight excluding hydrogens is 370 g/mol. The molecule has 8 heteroatoms. The van der Waals surface area contributed by atoms with E-state index in [0.29, 0.717) is 11.6 Å². The van der Waals surface area contributed by atoms with E-state index in [1.165, 1.54) is 0 Å². The fraction of sp³-hybridized carbons (Fsp3) is 0.500. The average molecular weight is 396 g/mol. The highest BCUT2D eigenvalue weighted by Crippen LogP contribution is 2.39. The topological polar surface area (TPSA) is 105 Å². The molecule has 142 valence electrons. The largest absolute Gasteiger partial charge is 0.396 e. The third-order valence-electron chi connectivity index (χ3n) is 5.15. The fourth-order valence-electron chi connectivity index (χ4n) is 3.79. The molecule has 0 spiro atoms. The summed E-state index contributed by atoms with van der Waals surface area (Å²) in [7, 11) is -3.75. The van der Waals surface area contributed by atoms with Crippen molar-refractivity contribution in [2.75, 3.05) is 6.61 Å². The monoisotopic (exact) mass is 395 g/mol. The zero-order valence-electron chi connectivity index (χ0n) is 14.5. The van der Waals surface area contributed by atoms with Crippen molar-refractivity contribution in [3.8, 4) is 0 Å². The van der Waals surface area contributed by atoms with Crippen LogP contribution in [0.25, 0.3) is 0 Å². The van der Waals surface area contributed by atoms with E-state index in [9.17, 15) is 13.5 Å². The van der Waals surface area contributed by atoms with Gasteiger partial charge in [0.2, 0.25) is 10.0 Å². The van der Waals surface area contributed by atoms with Gasteiger partial charge in [-0.25, -0.2) is 13.6 Å². The number of nitrogens with one attached hydrogen (secondary N) is 1. The van der Waals surface area contributed by atoms with E-state index in [2.05, 4.69) is 10.3 Å². The van der Waals surface area contributed by atoms with Gasteiger partial charge in [0.15, 0.2) is 0 Å². The van der Waals surface area contributed by atoms with E-state index in [1.807, 2.05) is 18.2 Å². The summed E-state index contributed by atoms with van der Waals surface area (Å²) in [6.45, 7) is 0.690. The van der Waals surface area contributed by atoms with Crippen LogP contribution >= 0.6 is 11.3 Å². The summed E-state index contributed by atoms with van der Waals surface area (Å²) >= 11 is 1.13. The lowest BCUT2D eigenvalue weighted by atomic mass is 9.76. The van der Waals surface area contributed by atoms with Crippen molar-refractivity contribution >= 4 is 21.4 Å². The van der Waals surface area contributed by atoms with Gasteiger partial charge in [-0.05, 0) is 60.7 Å². The van der Waals surface area contributed by atoms with Crippen LogP contribution in [0, 0.1) is 5.92 Å². The van der Waals surface area contributed by atoms with E-state index in [-0.39, 0.29) is 22.7 Å². The molecule has 2 aromatic rings. The minimum absolute atomic E-state index is 0.0596. The average Bonchev–Trinajstić information content (AvgIpc) is 3.12. The quantitative estimate of drug-likeness (QED) is 0.667. The lowest BCUT2D eigenvalue weighted by molar-refractivity contribution is 0.182. The Labute approximate surface area is 158 Å². The number of hydrogen-bond donors (Lipinski definition) is 3. The molecule has 26 heavy (non-hydrogen) atoms. The van der Waals surface area contributed by atoms with Crippen LogP contribution in [0.5, 0.6) is 0 Å². The highest BCUT2D eigenvalue weighted by Gasteiger charge is 2.31. The van der Waals surface area contributed by atoms with Gasteiger partial charge in [0.05, 0.1) is 12.3 Å².